The van der Waals surface area contributed by atoms with E-state index in [4.69, 9.17) is 16.3 Å². The molecule has 6 heteroatoms. The van der Waals surface area contributed by atoms with Gasteiger partial charge in [0.25, 0.3) is 5.56 Å². The zero-order valence-corrected chi connectivity index (χ0v) is 12.5. The number of ether oxygens (including phenoxy) is 1. The van der Waals surface area contributed by atoms with Gasteiger partial charge in [-0.15, -0.1) is 0 Å². The van der Waals surface area contributed by atoms with Crippen LogP contribution in [0.4, 0.5) is 5.69 Å². The lowest BCUT2D eigenvalue weighted by Crippen LogP contribution is -2.25. The largest absolute Gasteiger partial charge is 0.380 e. The minimum atomic E-state index is -0.245. The van der Waals surface area contributed by atoms with E-state index in [1.54, 1.807) is 6.20 Å². The molecule has 0 spiro atoms. The van der Waals surface area contributed by atoms with Crippen molar-refractivity contribution in [2.45, 2.75) is 46.3 Å². The lowest BCUT2D eigenvalue weighted by molar-refractivity contribution is 0.0870. The lowest BCUT2D eigenvalue weighted by Gasteiger charge is -2.11. The molecule has 1 heterocycles. The van der Waals surface area contributed by atoms with Crippen molar-refractivity contribution in [3.05, 3.63) is 21.6 Å². The van der Waals surface area contributed by atoms with Crippen molar-refractivity contribution < 1.29 is 4.74 Å². The van der Waals surface area contributed by atoms with Gasteiger partial charge in [0.15, 0.2) is 0 Å². The Balaban J connectivity index is 2.61. The van der Waals surface area contributed by atoms with E-state index < -0.39 is 0 Å². The number of nitrogens with zero attached hydrogens (tertiary/aromatic N) is 2. The Morgan fingerprint density at radius 3 is 2.89 bits per heavy atom. The second-order valence-corrected chi connectivity index (χ2v) is 4.98. The molecule has 19 heavy (non-hydrogen) atoms. The molecule has 0 radical (unpaired) electrons. The first-order valence-corrected chi connectivity index (χ1v) is 7.05. The summed E-state index contributed by atoms with van der Waals surface area (Å²) in [5.74, 6) is 0. The van der Waals surface area contributed by atoms with Crippen molar-refractivity contribution >= 4 is 17.3 Å². The number of anilines is 1. The van der Waals surface area contributed by atoms with Crippen LogP contribution >= 0.6 is 11.6 Å². The minimum absolute atomic E-state index is 0.190. The second-order valence-electron chi connectivity index (χ2n) is 4.60. The van der Waals surface area contributed by atoms with Gasteiger partial charge in [0.1, 0.15) is 5.02 Å². The molecule has 1 N–H and O–H groups in total. The fourth-order valence-corrected chi connectivity index (χ4v) is 1.75. The van der Waals surface area contributed by atoms with E-state index in [0.29, 0.717) is 25.4 Å². The van der Waals surface area contributed by atoms with E-state index in [-0.39, 0.29) is 16.7 Å². The van der Waals surface area contributed by atoms with E-state index in [1.165, 1.54) is 4.68 Å². The number of aromatic nitrogens is 2. The Morgan fingerprint density at radius 2 is 2.26 bits per heavy atom. The lowest BCUT2D eigenvalue weighted by atomic mass is 10.3. The van der Waals surface area contributed by atoms with Gasteiger partial charge in [-0.3, -0.25) is 4.79 Å². The first-order chi connectivity index (χ1) is 9.06. The maximum absolute atomic E-state index is 11.9. The van der Waals surface area contributed by atoms with E-state index in [0.717, 1.165) is 12.8 Å². The molecule has 1 aromatic heterocycles. The van der Waals surface area contributed by atoms with Gasteiger partial charge in [0.2, 0.25) is 0 Å². The average molecular weight is 288 g/mol. The number of nitrogens with one attached hydrogen (secondary N) is 1. The predicted molar refractivity (Wildman–Crippen MR) is 78.0 cm³/mol. The Morgan fingerprint density at radius 1 is 1.53 bits per heavy atom. The molecule has 1 aromatic rings. The fraction of sp³-hybridized carbons (Fsp3) is 0.692. The van der Waals surface area contributed by atoms with Crippen LogP contribution in [0.15, 0.2) is 11.0 Å². The van der Waals surface area contributed by atoms with Gasteiger partial charge in [-0.25, -0.2) is 4.68 Å². The predicted octanol–water partition coefficient (Wildman–Crippen LogP) is 2.53. The maximum Gasteiger partial charge on any atom is 0.287 e. The Bertz CT molecular complexity index is 446. The van der Waals surface area contributed by atoms with Crippen LogP contribution in [-0.2, 0) is 11.3 Å². The number of hydrogen-bond acceptors (Lipinski definition) is 4. The molecule has 0 atom stereocenters. The summed E-state index contributed by atoms with van der Waals surface area (Å²) in [4.78, 5) is 11.9. The summed E-state index contributed by atoms with van der Waals surface area (Å²) < 4.78 is 6.81. The van der Waals surface area contributed by atoms with Gasteiger partial charge >= 0.3 is 0 Å². The number of halogens is 1. The molecule has 108 valence electrons. The molecule has 0 fully saturated rings. The number of aryl methyl sites for hydroxylation is 1. The van der Waals surface area contributed by atoms with Gasteiger partial charge in [-0.1, -0.05) is 24.9 Å². The molecule has 0 aliphatic rings. The Kier molecular flexibility index (Phi) is 6.87. The maximum atomic E-state index is 11.9. The van der Waals surface area contributed by atoms with Crippen molar-refractivity contribution in [3.8, 4) is 0 Å². The highest BCUT2D eigenvalue weighted by molar-refractivity contribution is 6.32. The molecule has 0 saturated carbocycles. The normalized spacial score (nSPS) is 11.0. The molecule has 0 unspecified atom stereocenters. The molecule has 1 rings (SSSR count). The third-order valence-corrected chi connectivity index (χ3v) is 2.94. The van der Waals surface area contributed by atoms with Crippen LogP contribution in [0.2, 0.25) is 5.02 Å². The summed E-state index contributed by atoms with van der Waals surface area (Å²) in [5.41, 5.74) is 0.316. The second kappa shape index (κ2) is 8.17. The highest BCUT2D eigenvalue weighted by Gasteiger charge is 2.08. The topological polar surface area (TPSA) is 56.1 Å². The van der Waals surface area contributed by atoms with Crippen LogP contribution in [-0.4, -0.2) is 29.0 Å². The highest BCUT2D eigenvalue weighted by atomic mass is 35.5. The first kappa shape index (κ1) is 16.0. The van der Waals surface area contributed by atoms with Crippen molar-refractivity contribution in [2.75, 3.05) is 18.5 Å². The Hall–Kier alpha value is -1.07. The third-order valence-electron chi connectivity index (χ3n) is 2.58. The fourth-order valence-electron chi connectivity index (χ4n) is 1.54. The van der Waals surface area contributed by atoms with Gasteiger partial charge in [0, 0.05) is 13.1 Å². The van der Waals surface area contributed by atoms with Crippen LogP contribution < -0.4 is 10.9 Å². The Labute approximate surface area is 118 Å². The van der Waals surface area contributed by atoms with Crippen molar-refractivity contribution in [3.63, 3.8) is 0 Å². The SMILES string of the molecule is CCCCn1ncc(NCCOC(C)C)c(Cl)c1=O. The van der Waals surface area contributed by atoms with Gasteiger partial charge in [-0.05, 0) is 20.3 Å². The molecular formula is C13H22ClN3O2. The van der Waals surface area contributed by atoms with Gasteiger partial charge in [-0.2, -0.15) is 5.10 Å². The van der Waals surface area contributed by atoms with Crippen molar-refractivity contribution in [1.29, 1.82) is 0 Å². The van der Waals surface area contributed by atoms with Gasteiger partial charge < -0.3 is 10.1 Å². The van der Waals surface area contributed by atoms with Crippen LogP contribution in [0, 0.1) is 0 Å². The molecular weight excluding hydrogens is 266 g/mol. The highest BCUT2D eigenvalue weighted by Crippen LogP contribution is 2.14. The monoisotopic (exact) mass is 287 g/mol. The van der Waals surface area contributed by atoms with E-state index >= 15 is 0 Å². The summed E-state index contributed by atoms with van der Waals surface area (Å²) in [7, 11) is 0. The molecule has 0 bridgehead atoms. The summed E-state index contributed by atoms with van der Waals surface area (Å²) in [6, 6.07) is 0. The summed E-state index contributed by atoms with van der Waals surface area (Å²) in [6.45, 7) is 7.78. The molecule has 5 nitrogen and oxygen atoms in total. The summed E-state index contributed by atoms with van der Waals surface area (Å²) >= 11 is 6.04. The summed E-state index contributed by atoms with van der Waals surface area (Å²) in [6.07, 6.45) is 3.71. The van der Waals surface area contributed by atoms with Crippen molar-refractivity contribution in [1.82, 2.24) is 9.78 Å². The van der Waals surface area contributed by atoms with E-state index in [1.807, 2.05) is 13.8 Å². The molecule has 0 saturated heterocycles. The van der Waals surface area contributed by atoms with Crippen molar-refractivity contribution in [2.24, 2.45) is 0 Å². The standard InChI is InChI=1S/C13H22ClN3O2/c1-4-5-7-17-13(18)12(14)11(9-16-17)15-6-8-19-10(2)3/h9-10,15H,4-8H2,1-3H3. The molecule has 0 aliphatic carbocycles. The zero-order valence-electron chi connectivity index (χ0n) is 11.8. The number of hydrogen-bond donors (Lipinski definition) is 1. The van der Waals surface area contributed by atoms with Crippen LogP contribution in [0.25, 0.3) is 0 Å². The zero-order chi connectivity index (χ0) is 14.3. The molecule has 0 aromatic carbocycles. The van der Waals surface area contributed by atoms with E-state index in [9.17, 15) is 4.79 Å². The first-order valence-electron chi connectivity index (χ1n) is 6.67. The van der Waals surface area contributed by atoms with Crippen LogP contribution in [0.3, 0.4) is 0 Å². The third kappa shape index (κ3) is 5.20. The quantitative estimate of drug-likeness (QED) is 0.747. The molecule has 0 aliphatic heterocycles. The summed E-state index contributed by atoms with van der Waals surface area (Å²) in [5, 5.41) is 7.36. The average Bonchev–Trinajstić information content (AvgIpc) is 2.38. The van der Waals surface area contributed by atoms with Crippen LogP contribution in [0.5, 0.6) is 0 Å². The number of rotatable bonds is 8. The molecule has 0 amide bonds. The van der Waals surface area contributed by atoms with Gasteiger partial charge in [0.05, 0.1) is 24.6 Å². The minimum Gasteiger partial charge on any atom is -0.380 e. The van der Waals surface area contributed by atoms with Crippen LogP contribution in [0.1, 0.15) is 33.6 Å². The smallest absolute Gasteiger partial charge is 0.287 e. The number of unbranched alkanes of at least 4 members (excludes halogenated alkanes) is 1. The van der Waals surface area contributed by atoms with E-state index in [2.05, 4.69) is 17.3 Å².